The topological polar surface area (TPSA) is 38.1 Å². The van der Waals surface area contributed by atoms with Crippen molar-refractivity contribution in [3.8, 4) is 0 Å². The van der Waals surface area contributed by atoms with Crippen molar-refractivity contribution in [1.82, 2.24) is 4.98 Å². The number of benzene rings is 1. The van der Waals surface area contributed by atoms with Crippen LogP contribution < -0.4 is 5.32 Å². The minimum absolute atomic E-state index is 0.694. The van der Waals surface area contributed by atoms with Gasteiger partial charge in [0.05, 0.1) is 12.2 Å². The number of aromatic nitrogens is 1. The molecule has 3 heteroatoms. The lowest BCUT2D eigenvalue weighted by atomic mass is 10.2. The number of hydrogen-bond acceptors (Lipinski definition) is 3. The minimum Gasteiger partial charge on any atom is -0.451 e. The van der Waals surface area contributed by atoms with E-state index < -0.39 is 0 Å². The zero-order chi connectivity index (χ0) is 9.80. The monoisotopic (exact) mass is 188 g/mol. The third-order valence-electron chi connectivity index (χ3n) is 2.01. The molecule has 72 valence electrons. The summed E-state index contributed by atoms with van der Waals surface area (Å²) in [6, 6.07) is 8.25. The highest BCUT2D eigenvalue weighted by molar-refractivity contribution is 5.44. The van der Waals surface area contributed by atoms with Gasteiger partial charge in [-0.05, 0) is 19.1 Å². The van der Waals surface area contributed by atoms with E-state index in [1.165, 1.54) is 12.0 Å². The molecular formula is C11H12N2O. The molecule has 14 heavy (non-hydrogen) atoms. The molecule has 1 heterocycles. The second-order valence-corrected chi connectivity index (χ2v) is 3.20. The predicted octanol–water partition coefficient (Wildman–Crippen LogP) is 2.60. The van der Waals surface area contributed by atoms with Crippen LogP contribution >= 0.6 is 0 Å². The summed E-state index contributed by atoms with van der Waals surface area (Å²) in [7, 11) is 0. The fourth-order valence-electron chi connectivity index (χ4n) is 1.19. The average molecular weight is 188 g/mol. The van der Waals surface area contributed by atoms with Crippen LogP contribution in [0.3, 0.4) is 0 Å². The first-order valence-corrected chi connectivity index (χ1v) is 4.52. The Morgan fingerprint density at radius 2 is 2.07 bits per heavy atom. The Bertz CT molecular complexity index is 378. The number of rotatable bonds is 3. The third kappa shape index (κ3) is 2.13. The molecule has 0 aliphatic rings. The Morgan fingerprint density at radius 3 is 2.71 bits per heavy atom. The van der Waals surface area contributed by atoms with Crippen molar-refractivity contribution in [2.45, 2.75) is 13.5 Å². The van der Waals surface area contributed by atoms with Gasteiger partial charge in [0.25, 0.3) is 0 Å². The second kappa shape index (κ2) is 3.96. The Morgan fingerprint density at radius 1 is 1.29 bits per heavy atom. The molecule has 3 nitrogen and oxygen atoms in total. The van der Waals surface area contributed by atoms with E-state index in [0.29, 0.717) is 6.54 Å². The summed E-state index contributed by atoms with van der Waals surface area (Å²) < 4.78 is 4.87. The molecule has 0 atom stereocenters. The molecule has 0 unspecified atom stereocenters. The minimum atomic E-state index is 0.694. The molecule has 0 spiro atoms. The molecule has 1 aromatic heterocycles. The van der Waals surface area contributed by atoms with Crippen LogP contribution in [0.15, 0.2) is 41.3 Å². The number of hydrogen-bond donors (Lipinski definition) is 1. The molecule has 0 radical (unpaired) electrons. The summed E-state index contributed by atoms with van der Waals surface area (Å²) in [6.07, 6.45) is 3.08. The van der Waals surface area contributed by atoms with Gasteiger partial charge in [0, 0.05) is 5.69 Å². The molecule has 0 aliphatic carbocycles. The van der Waals surface area contributed by atoms with E-state index in [0.717, 1.165) is 11.4 Å². The van der Waals surface area contributed by atoms with Gasteiger partial charge < -0.3 is 9.73 Å². The molecule has 1 aromatic carbocycles. The molecule has 0 aliphatic heterocycles. The summed E-state index contributed by atoms with van der Waals surface area (Å²) in [5.74, 6) is 0. The number of aryl methyl sites for hydroxylation is 1. The van der Waals surface area contributed by atoms with Crippen LogP contribution in [0, 0.1) is 6.92 Å². The zero-order valence-electron chi connectivity index (χ0n) is 8.03. The Labute approximate surface area is 82.8 Å². The van der Waals surface area contributed by atoms with Crippen molar-refractivity contribution in [3.63, 3.8) is 0 Å². The van der Waals surface area contributed by atoms with Crippen molar-refractivity contribution in [2.24, 2.45) is 0 Å². The van der Waals surface area contributed by atoms with Crippen LogP contribution in [0.4, 0.5) is 5.69 Å². The van der Waals surface area contributed by atoms with Gasteiger partial charge in [0.2, 0.25) is 0 Å². The molecule has 2 aromatic rings. The SMILES string of the molecule is Cc1ccc(NCc2cocn2)cc1. The van der Waals surface area contributed by atoms with Crippen molar-refractivity contribution < 1.29 is 4.42 Å². The van der Waals surface area contributed by atoms with E-state index in [1.807, 2.05) is 0 Å². The number of anilines is 1. The van der Waals surface area contributed by atoms with Crippen LogP contribution in [-0.2, 0) is 6.54 Å². The molecule has 0 fully saturated rings. The van der Waals surface area contributed by atoms with Crippen LogP contribution in [-0.4, -0.2) is 4.98 Å². The van der Waals surface area contributed by atoms with Gasteiger partial charge in [-0.15, -0.1) is 0 Å². The van der Waals surface area contributed by atoms with Crippen molar-refractivity contribution in [1.29, 1.82) is 0 Å². The number of oxazole rings is 1. The van der Waals surface area contributed by atoms with Gasteiger partial charge >= 0.3 is 0 Å². The first kappa shape index (κ1) is 8.81. The first-order chi connectivity index (χ1) is 6.84. The molecule has 0 amide bonds. The van der Waals surface area contributed by atoms with Crippen molar-refractivity contribution >= 4 is 5.69 Å². The van der Waals surface area contributed by atoms with E-state index in [1.54, 1.807) is 6.26 Å². The summed E-state index contributed by atoms with van der Waals surface area (Å²) in [6.45, 7) is 2.76. The van der Waals surface area contributed by atoms with Crippen LogP contribution in [0.25, 0.3) is 0 Å². The van der Waals surface area contributed by atoms with Gasteiger partial charge in [0.1, 0.15) is 6.26 Å². The van der Waals surface area contributed by atoms with Gasteiger partial charge in [-0.3, -0.25) is 0 Å². The van der Waals surface area contributed by atoms with E-state index in [4.69, 9.17) is 4.42 Å². The molecule has 0 saturated carbocycles. The Kier molecular flexibility index (Phi) is 2.49. The van der Waals surface area contributed by atoms with E-state index >= 15 is 0 Å². The summed E-state index contributed by atoms with van der Waals surface area (Å²) in [5.41, 5.74) is 3.26. The van der Waals surface area contributed by atoms with Gasteiger partial charge in [-0.25, -0.2) is 4.98 Å². The second-order valence-electron chi connectivity index (χ2n) is 3.20. The fourth-order valence-corrected chi connectivity index (χ4v) is 1.19. The zero-order valence-corrected chi connectivity index (χ0v) is 8.03. The van der Waals surface area contributed by atoms with E-state index in [-0.39, 0.29) is 0 Å². The average Bonchev–Trinajstić information content (AvgIpc) is 2.70. The number of nitrogens with one attached hydrogen (secondary N) is 1. The Balaban J connectivity index is 1.95. The van der Waals surface area contributed by atoms with Crippen LogP contribution in [0.1, 0.15) is 11.3 Å². The lowest BCUT2D eigenvalue weighted by Gasteiger charge is -2.03. The van der Waals surface area contributed by atoms with Crippen molar-refractivity contribution in [2.75, 3.05) is 5.32 Å². The largest absolute Gasteiger partial charge is 0.451 e. The third-order valence-corrected chi connectivity index (χ3v) is 2.01. The fraction of sp³-hybridized carbons (Fsp3) is 0.182. The summed E-state index contributed by atoms with van der Waals surface area (Å²) in [5, 5.41) is 3.25. The molecular weight excluding hydrogens is 176 g/mol. The quantitative estimate of drug-likeness (QED) is 0.804. The highest BCUT2D eigenvalue weighted by atomic mass is 16.3. The highest BCUT2D eigenvalue weighted by Crippen LogP contribution is 2.09. The smallest absolute Gasteiger partial charge is 0.180 e. The van der Waals surface area contributed by atoms with Crippen LogP contribution in [0.5, 0.6) is 0 Å². The molecule has 1 N–H and O–H groups in total. The summed E-state index contributed by atoms with van der Waals surface area (Å²) >= 11 is 0. The normalized spacial score (nSPS) is 10.1. The summed E-state index contributed by atoms with van der Waals surface area (Å²) in [4.78, 5) is 4.02. The maximum absolute atomic E-state index is 4.87. The lowest BCUT2D eigenvalue weighted by molar-refractivity contribution is 0.556. The van der Waals surface area contributed by atoms with Crippen molar-refractivity contribution in [3.05, 3.63) is 48.2 Å². The van der Waals surface area contributed by atoms with E-state index in [2.05, 4.69) is 41.5 Å². The lowest BCUT2D eigenvalue weighted by Crippen LogP contribution is -1.98. The van der Waals surface area contributed by atoms with Gasteiger partial charge in [-0.1, -0.05) is 17.7 Å². The predicted molar refractivity (Wildman–Crippen MR) is 55.0 cm³/mol. The first-order valence-electron chi connectivity index (χ1n) is 4.52. The number of nitrogens with zero attached hydrogens (tertiary/aromatic N) is 1. The maximum atomic E-state index is 4.87. The van der Waals surface area contributed by atoms with E-state index in [9.17, 15) is 0 Å². The standard InChI is InChI=1S/C11H12N2O/c1-9-2-4-10(5-3-9)12-6-11-7-14-8-13-11/h2-5,7-8,12H,6H2,1H3. The van der Waals surface area contributed by atoms with Gasteiger partial charge in [0.15, 0.2) is 6.39 Å². The highest BCUT2D eigenvalue weighted by Gasteiger charge is 1.95. The maximum Gasteiger partial charge on any atom is 0.180 e. The Hall–Kier alpha value is -1.77. The molecule has 0 saturated heterocycles. The van der Waals surface area contributed by atoms with Gasteiger partial charge in [-0.2, -0.15) is 0 Å². The molecule has 0 bridgehead atoms. The molecule has 2 rings (SSSR count). The van der Waals surface area contributed by atoms with Crippen LogP contribution in [0.2, 0.25) is 0 Å².